The van der Waals surface area contributed by atoms with Crippen LogP contribution >= 0.6 is 0 Å². The molecular formula is C25H34N4O2. The highest BCUT2D eigenvalue weighted by Crippen LogP contribution is 2.49. The fraction of sp³-hybridized carbons (Fsp3) is 0.640. The molecule has 2 heterocycles. The molecule has 166 valence electrons. The number of piperidine rings is 1. The lowest BCUT2D eigenvalue weighted by Crippen LogP contribution is -2.41. The molecule has 6 nitrogen and oxygen atoms in total. The van der Waals surface area contributed by atoms with Crippen LogP contribution in [0.3, 0.4) is 0 Å². The lowest BCUT2D eigenvalue weighted by Gasteiger charge is -2.29. The summed E-state index contributed by atoms with van der Waals surface area (Å²) in [6.07, 6.45) is 9.03. The van der Waals surface area contributed by atoms with E-state index in [9.17, 15) is 9.59 Å². The summed E-state index contributed by atoms with van der Waals surface area (Å²) in [5, 5.41) is 3.24. The third kappa shape index (κ3) is 4.09. The molecule has 0 spiro atoms. The van der Waals surface area contributed by atoms with Gasteiger partial charge >= 0.3 is 0 Å². The van der Waals surface area contributed by atoms with Gasteiger partial charge < -0.3 is 14.8 Å². The zero-order valence-corrected chi connectivity index (χ0v) is 18.6. The molecule has 2 bridgehead atoms. The van der Waals surface area contributed by atoms with Crippen molar-refractivity contribution in [2.45, 2.75) is 70.9 Å². The third-order valence-electron chi connectivity index (χ3n) is 7.88. The Morgan fingerprint density at radius 1 is 1.16 bits per heavy atom. The zero-order valence-electron chi connectivity index (χ0n) is 18.6. The Bertz CT molecular complexity index is 1010. The van der Waals surface area contributed by atoms with Crippen molar-refractivity contribution in [3.63, 3.8) is 0 Å². The number of anilines is 1. The molecule has 1 N–H and O–H groups in total. The van der Waals surface area contributed by atoms with E-state index in [1.54, 1.807) is 4.57 Å². The second-order valence-electron chi connectivity index (χ2n) is 9.87. The van der Waals surface area contributed by atoms with Crippen molar-refractivity contribution >= 4 is 22.8 Å². The van der Waals surface area contributed by atoms with Gasteiger partial charge in [0.1, 0.15) is 0 Å². The summed E-state index contributed by atoms with van der Waals surface area (Å²) >= 11 is 0. The fourth-order valence-electron chi connectivity index (χ4n) is 6.27. The molecule has 4 unspecified atom stereocenters. The average Bonchev–Trinajstić information content (AvgIpc) is 3.43. The minimum absolute atomic E-state index is 0.0441. The van der Waals surface area contributed by atoms with Crippen LogP contribution in [-0.2, 0) is 11.3 Å². The number of hydrogen-bond acceptors (Lipinski definition) is 4. The minimum atomic E-state index is -0.0745. The second-order valence-corrected chi connectivity index (χ2v) is 9.87. The third-order valence-corrected chi connectivity index (χ3v) is 7.88. The first kappa shape index (κ1) is 20.5. The van der Waals surface area contributed by atoms with Gasteiger partial charge in [0, 0.05) is 32.1 Å². The molecule has 1 amide bonds. The molecule has 0 radical (unpaired) electrons. The topological polar surface area (TPSA) is 67.2 Å². The fourth-order valence-corrected chi connectivity index (χ4v) is 6.27. The number of aryl methyl sites for hydroxylation is 1. The zero-order chi connectivity index (χ0) is 21.4. The summed E-state index contributed by atoms with van der Waals surface area (Å²) in [6.45, 7) is 4.30. The lowest BCUT2D eigenvalue weighted by molar-refractivity contribution is -0.122. The van der Waals surface area contributed by atoms with Crippen LogP contribution in [0.15, 0.2) is 29.1 Å². The van der Waals surface area contributed by atoms with Gasteiger partial charge in [0.15, 0.2) is 5.82 Å². The molecule has 2 saturated carbocycles. The van der Waals surface area contributed by atoms with Gasteiger partial charge in [-0.1, -0.05) is 18.6 Å². The van der Waals surface area contributed by atoms with E-state index in [-0.39, 0.29) is 17.5 Å². The molecule has 2 aromatic rings. The molecule has 1 aliphatic heterocycles. The van der Waals surface area contributed by atoms with Gasteiger partial charge in [-0.3, -0.25) is 9.59 Å². The molecular weight excluding hydrogens is 388 g/mol. The predicted octanol–water partition coefficient (Wildman–Crippen LogP) is 3.72. The Morgan fingerprint density at radius 3 is 2.71 bits per heavy atom. The number of fused-ring (bicyclic) bond motifs is 3. The highest BCUT2D eigenvalue weighted by atomic mass is 16.2. The van der Waals surface area contributed by atoms with Crippen molar-refractivity contribution in [2.75, 3.05) is 18.0 Å². The standard InChI is InChI=1S/C25H34N4O2/c1-17(20-16-18-9-10-19(20)15-18)26-23(30)11-14-29-22-8-4-3-7-21(22)27-24(25(29)31)28-12-5-2-6-13-28/h3-4,7-8,17-20H,2,5-6,9-16H2,1H3,(H,26,30). The van der Waals surface area contributed by atoms with Crippen LogP contribution in [0, 0.1) is 17.8 Å². The maximum atomic E-state index is 13.3. The van der Waals surface area contributed by atoms with E-state index in [1.807, 2.05) is 24.3 Å². The van der Waals surface area contributed by atoms with Gasteiger partial charge in [0.05, 0.1) is 11.0 Å². The molecule has 1 saturated heterocycles. The predicted molar refractivity (Wildman–Crippen MR) is 123 cm³/mol. The van der Waals surface area contributed by atoms with E-state index >= 15 is 0 Å². The summed E-state index contributed by atoms with van der Waals surface area (Å²) in [6, 6.07) is 7.99. The minimum Gasteiger partial charge on any atom is -0.353 e. The van der Waals surface area contributed by atoms with E-state index in [0.717, 1.165) is 48.8 Å². The van der Waals surface area contributed by atoms with E-state index in [0.29, 0.717) is 24.7 Å². The van der Waals surface area contributed by atoms with Crippen molar-refractivity contribution in [1.29, 1.82) is 0 Å². The molecule has 31 heavy (non-hydrogen) atoms. The van der Waals surface area contributed by atoms with Crippen molar-refractivity contribution in [3.05, 3.63) is 34.6 Å². The van der Waals surface area contributed by atoms with Gasteiger partial charge in [0.2, 0.25) is 5.91 Å². The number of nitrogens with one attached hydrogen (secondary N) is 1. The summed E-state index contributed by atoms with van der Waals surface area (Å²) in [4.78, 5) is 32.9. The van der Waals surface area contributed by atoms with Gasteiger partial charge in [0.25, 0.3) is 5.56 Å². The molecule has 6 heteroatoms. The number of benzene rings is 1. The van der Waals surface area contributed by atoms with Crippen molar-refractivity contribution in [2.24, 2.45) is 17.8 Å². The average molecular weight is 423 g/mol. The maximum absolute atomic E-state index is 13.3. The van der Waals surface area contributed by atoms with Crippen LogP contribution in [0.1, 0.15) is 58.3 Å². The van der Waals surface area contributed by atoms with Gasteiger partial charge in [-0.25, -0.2) is 4.98 Å². The monoisotopic (exact) mass is 422 g/mol. The van der Waals surface area contributed by atoms with E-state index < -0.39 is 0 Å². The Morgan fingerprint density at radius 2 is 1.97 bits per heavy atom. The largest absolute Gasteiger partial charge is 0.353 e. The second kappa shape index (κ2) is 8.64. The number of rotatable bonds is 6. The summed E-state index contributed by atoms with van der Waals surface area (Å²) in [5.74, 6) is 2.87. The van der Waals surface area contributed by atoms with Crippen LogP contribution < -0.4 is 15.8 Å². The summed E-state index contributed by atoms with van der Waals surface area (Å²) < 4.78 is 1.76. The highest BCUT2D eigenvalue weighted by molar-refractivity contribution is 5.78. The molecule has 3 aliphatic rings. The Labute approximate surface area is 184 Å². The van der Waals surface area contributed by atoms with Crippen LogP contribution in [0.25, 0.3) is 11.0 Å². The molecule has 1 aromatic carbocycles. The van der Waals surface area contributed by atoms with Crippen molar-refractivity contribution in [3.8, 4) is 0 Å². The number of para-hydroxylation sites is 2. The Kier molecular flexibility index (Phi) is 5.72. The van der Waals surface area contributed by atoms with Gasteiger partial charge in [-0.2, -0.15) is 0 Å². The number of amides is 1. The van der Waals surface area contributed by atoms with E-state index in [1.165, 1.54) is 32.1 Å². The number of aromatic nitrogens is 2. The van der Waals surface area contributed by atoms with E-state index in [4.69, 9.17) is 4.98 Å². The number of carbonyl (C=O) groups is 1. The SMILES string of the molecule is CC(NC(=O)CCn1c(=O)c(N2CCCCC2)nc2ccccc21)C1CC2CCC1C2. The molecule has 4 atom stereocenters. The molecule has 1 aromatic heterocycles. The number of nitrogens with zero attached hydrogens (tertiary/aromatic N) is 3. The van der Waals surface area contributed by atoms with Crippen LogP contribution in [0.4, 0.5) is 5.82 Å². The molecule has 3 fully saturated rings. The summed E-state index contributed by atoms with van der Waals surface area (Å²) in [5.41, 5.74) is 1.55. The maximum Gasteiger partial charge on any atom is 0.294 e. The first-order valence-electron chi connectivity index (χ1n) is 12.1. The smallest absolute Gasteiger partial charge is 0.294 e. The van der Waals surface area contributed by atoms with Crippen LogP contribution in [0.5, 0.6) is 0 Å². The Balaban J connectivity index is 1.31. The van der Waals surface area contributed by atoms with Crippen molar-refractivity contribution in [1.82, 2.24) is 14.9 Å². The summed E-state index contributed by atoms with van der Waals surface area (Å²) in [7, 11) is 0. The molecule has 5 rings (SSSR count). The van der Waals surface area contributed by atoms with Gasteiger partial charge in [-0.15, -0.1) is 0 Å². The first-order valence-corrected chi connectivity index (χ1v) is 12.1. The highest BCUT2D eigenvalue weighted by Gasteiger charge is 2.42. The van der Waals surface area contributed by atoms with E-state index in [2.05, 4.69) is 17.1 Å². The molecule has 2 aliphatic carbocycles. The number of carbonyl (C=O) groups excluding carboxylic acids is 1. The number of hydrogen-bond donors (Lipinski definition) is 1. The first-order chi connectivity index (χ1) is 15.1. The van der Waals surface area contributed by atoms with Gasteiger partial charge in [-0.05, 0) is 75.3 Å². The van der Waals surface area contributed by atoms with Crippen LogP contribution in [-0.4, -0.2) is 34.6 Å². The quantitative estimate of drug-likeness (QED) is 0.771. The van der Waals surface area contributed by atoms with Crippen molar-refractivity contribution < 1.29 is 4.79 Å². The lowest BCUT2D eigenvalue weighted by atomic mass is 9.84. The Hall–Kier alpha value is -2.37. The normalized spacial score (nSPS) is 26.4. The van der Waals surface area contributed by atoms with Crippen LogP contribution in [0.2, 0.25) is 0 Å².